The van der Waals surface area contributed by atoms with Crippen molar-refractivity contribution in [2.45, 2.75) is 25.8 Å². The molecule has 0 unspecified atom stereocenters. The van der Waals surface area contributed by atoms with Crippen LogP contribution in [-0.4, -0.2) is 11.3 Å². The minimum Gasteiger partial charge on any atom is -0.319 e. The lowest BCUT2D eigenvalue weighted by molar-refractivity contribution is -0.122. The standard InChI is InChI=1S/C11H14ClNO/c1-11(2,13)10(14)7-8-4-3-5-9(12)6-8/h3-6H,7,13H2,1-2H3. The predicted molar refractivity (Wildman–Crippen MR) is 58.4 cm³/mol. The summed E-state index contributed by atoms with van der Waals surface area (Å²) in [6.45, 7) is 3.42. The highest BCUT2D eigenvalue weighted by molar-refractivity contribution is 6.30. The number of nitrogens with two attached hydrogens (primary N) is 1. The van der Waals surface area contributed by atoms with E-state index in [1.165, 1.54) is 0 Å². The molecule has 0 saturated carbocycles. The van der Waals surface area contributed by atoms with Crippen molar-refractivity contribution in [3.05, 3.63) is 34.9 Å². The first-order valence-electron chi connectivity index (χ1n) is 4.46. The van der Waals surface area contributed by atoms with Crippen molar-refractivity contribution in [3.63, 3.8) is 0 Å². The highest BCUT2D eigenvalue weighted by atomic mass is 35.5. The van der Waals surface area contributed by atoms with Crippen molar-refractivity contribution >= 4 is 17.4 Å². The van der Waals surface area contributed by atoms with Gasteiger partial charge in [-0.3, -0.25) is 4.79 Å². The molecule has 0 aliphatic rings. The van der Waals surface area contributed by atoms with E-state index in [0.717, 1.165) is 5.56 Å². The zero-order valence-corrected chi connectivity index (χ0v) is 9.14. The smallest absolute Gasteiger partial charge is 0.156 e. The zero-order chi connectivity index (χ0) is 10.8. The second-order valence-electron chi connectivity index (χ2n) is 3.95. The third kappa shape index (κ3) is 3.13. The zero-order valence-electron chi connectivity index (χ0n) is 8.38. The summed E-state index contributed by atoms with van der Waals surface area (Å²) in [4.78, 5) is 11.6. The maximum Gasteiger partial charge on any atom is 0.156 e. The fourth-order valence-corrected chi connectivity index (χ4v) is 1.27. The van der Waals surface area contributed by atoms with Crippen LogP contribution in [0.15, 0.2) is 24.3 Å². The van der Waals surface area contributed by atoms with Crippen molar-refractivity contribution < 1.29 is 4.79 Å². The Morgan fingerprint density at radius 2 is 2.14 bits per heavy atom. The van der Waals surface area contributed by atoms with Crippen LogP contribution in [0.1, 0.15) is 19.4 Å². The van der Waals surface area contributed by atoms with Crippen molar-refractivity contribution in [2.24, 2.45) is 5.73 Å². The van der Waals surface area contributed by atoms with Gasteiger partial charge in [0.05, 0.1) is 5.54 Å². The average Bonchev–Trinajstić information content (AvgIpc) is 2.02. The number of carbonyl (C=O) groups is 1. The van der Waals surface area contributed by atoms with Gasteiger partial charge in [0.25, 0.3) is 0 Å². The lowest BCUT2D eigenvalue weighted by atomic mass is 9.95. The van der Waals surface area contributed by atoms with Gasteiger partial charge < -0.3 is 5.73 Å². The Hall–Kier alpha value is -0.860. The van der Waals surface area contributed by atoms with E-state index >= 15 is 0 Å². The van der Waals surface area contributed by atoms with E-state index in [9.17, 15) is 4.79 Å². The van der Waals surface area contributed by atoms with Gasteiger partial charge in [-0.25, -0.2) is 0 Å². The molecule has 1 aromatic carbocycles. The number of halogens is 1. The van der Waals surface area contributed by atoms with Gasteiger partial charge in [0.15, 0.2) is 5.78 Å². The molecular formula is C11H14ClNO. The molecule has 0 atom stereocenters. The number of Topliss-reactive ketones (excluding diaryl/α,β-unsaturated/α-hetero) is 1. The topological polar surface area (TPSA) is 43.1 Å². The van der Waals surface area contributed by atoms with E-state index in [4.69, 9.17) is 17.3 Å². The minimum absolute atomic E-state index is 0.0137. The SMILES string of the molecule is CC(C)(N)C(=O)Cc1cccc(Cl)c1. The van der Waals surface area contributed by atoms with E-state index in [1.807, 2.05) is 12.1 Å². The van der Waals surface area contributed by atoms with Crippen molar-refractivity contribution in [1.29, 1.82) is 0 Å². The molecule has 2 nitrogen and oxygen atoms in total. The molecule has 14 heavy (non-hydrogen) atoms. The fraction of sp³-hybridized carbons (Fsp3) is 0.364. The first kappa shape index (κ1) is 11.2. The Labute approximate surface area is 89.1 Å². The van der Waals surface area contributed by atoms with Crippen LogP contribution in [0.3, 0.4) is 0 Å². The quantitative estimate of drug-likeness (QED) is 0.833. The second kappa shape index (κ2) is 4.11. The molecule has 0 aromatic heterocycles. The van der Waals surface area contributed by atoms with E-state index in [1.54, 1.807) is 26.0 Å². The third-order valence-electron chi connectivity index (χ3n) is 1.97. The predicted octanol–water partition coefficient (Wildman–Crippen LogP) is 2.19. The van der Waals surface area contributed by atoms with Gasteiger partial charge in [0, 0.05) is 11.4 Å². The van der Waals surface area contributed by atoms with E-state index in [2.05, 4.69) is 0 Å². The third-order valence-corrected chi connectivity index (χ3v) is 2.21. The molecule has 0 aliphatic carbocycles. The van der Waals surface area contributed by atoms with Gasteiger partial charge in [-0.05, 0) is 31.5 Å². The van der Waals surface area contributed by atoms with Crippen LogP contribution in [0.25, 0.3) is 0 Å². The van der Waals surface area contributed by atoms with E-state index in [0.29, 0.717) is 11.4 Å². The number of carbonyl (C=O) groups excluding carboxylic acids is 1. The molecule has 3 heteroatoms. The van der Waals surface area contributed by atoms with Crippen LogP contribution in [-0.2, 0) is 11.2 Å². The molecule has 2 N–H and O–H groups in total. The Kier molecular flexibility index (Phi) is 3.29. The number of ketones is 1. The first-order valence-corrected chi connectivity index (χ1v) is 4.84. The van der Waals surface area contributed by atoms with E-state index in [-0.39, 0.29) is 5.78 Å². The number of hydrogen-bond donors (Lipinski definition) is 1. The van der Waals surface area contributed by atoms with Gasteiger partial charge >= 0.3 is 0 Å². The average molecular weight is 212 g/mol. The summed E-state index contributed by atoms with van der Waals surface area (Å²) in [5.74, 6) is 0.0137. The normalized spacial score (nSPS) is 11.4. The van der Waals surface area contributed by atoms with Gasteiger partial charge in [0.2, 0.25) is 0 Å². The van der Waals surface area contributed by atoms with E-state index < -0.39 is 5.54 Å². The summed E-state index contributed by atoms with van der Waals surface area (Å²) in [6.07, 6.45) is 0.337. The molecule has 1 rings (SSSR count). The largest absolute Gasteiger partial charge is 0.319 e. The minimum atomic E-state index is -0.775. The van der Waals surface area contributed by atoms with Crippen LogP contribution in [0.4, 0.5) is 0 Å². The molecule has 76 valence electrons. The van der Waals surface area contributed by atoms with Crippen molar-refractivity contribution in [2.75, 3.05) is 0 Å². The maximum absolute atomic E-state index is 11.6. The van der Waals surface area contributed by atoms with Crippen molar-refractivity contribution in [1.82, 2.24) is 0 Å². The Balaban J connectivity index is 2.75. The molecular weight excluding hydrogens is 198 g/mol. The van der Waals surface area contributed by atoms with Crippen LogP contribution < -0.4 is 5.73 Å². The summed E-state index contributed by atoms with van der Waals surface area (Å²) >= 11 is 5.80. The molecule has 0 heterocycles. The van der Waals surface area contributed by atoms with Crippen LogP contribution in [0, 0.1) is 0 Å². The Bertz CT molecular complexity index is 341. The fourth-order valence-electron chi connectivity index (χ4n) is 1.06. The summed E-state index contributed by atoms with van der Waals surface area (Å²) in [6, 6.07) is 7.26. The number of benzene rings is 1. The van der Waals surface area contributed by atoms with Gasteiger partial charge in [-0.15, -0.1) is 0 Å². The highest BCUT2D eigenvalue weighted by Gasteiger charge is 2.21. The number of rotatable bonds is 3. The molecule has 0 saturated heterocycles. The molecule has 0 aliphatic heterocycles. The first-order chi connectivity index (χ1) is 6.39. The summed E-state index contributed by atoms with van der Waals surface area (Å²) in [5.41, 5.74) is 5.81. The van der Waals surface area contributed by atoms with Crippen LogP contribution in [0.2, 0.25) is 5.02 Å². The van der Waals surface area contributed by atoms with Crippen LogP contribution >= 0.6 is 11.6 Å². The van der Waals surface area contributed by atoms with Crippen LogP contribution in [0.5, 0.6) is 0 Å². The molecule has 0 spiro atoms. The molecule has 0 radical (unpaired) electrons. The maximum atomic E-state index is 11.6. The lowest BCUT2D eigenvalue weighted by Gasteiger charge is -2.16. The van der Waals surface area contributed by atoms with Gasteiger partial charge in [0.1, 0.15) is 0 Å². The molecule has 1 aromatic rings. The summed E-state index contributed by atoms with van der Waals surface area (Å²) in [5, 5.41) is 0.644. The van der Waals surface area contributed by atoms with Gasteiger partial charge in [-0.2, -0.15) is 0 Å². The summed E-state index contributed by atoms with van der Waals surface area (Å²) in [7, 11) is 0. The highest BCUT2D eigenvalue weighted by Crippen LogP contribution is 2.13. The number of hydrogen-bond acceptors (Lipinski definition) is 2. The lowest BCUT2D eigenvalue weighted by Crippen LogP contribution is -2.42. The Morgan fingerprint density at radius 3 is 2.64 bits per heavy atom. The second-order valence-corrected chi connectivity index (χ2v) is 4.39. The summed E-state index contributed by atoms with van der Waals surface area (Å²) < 4.78 is 0. The molecule has 0 amide bonds. The van der Waals surface area contributed by atoms with Crippen molar-refractivity contribution in [3.8, 4) is 0 Å². The van der Waals surface area contributed by atoms with Gasteiger partial charge in [-0.1, -0.05) is 23.7 Å². The molecule has 0 fully saturated rings. The Morgan fingerprint density at radius 1 is 1.50 bits per heavy atom. The molecule has 0 bridgehead atoms. The monoisotopic (exact) mass is 211 g/mol.